The highest BCUT2D eigenvalue weighted by Gasteiger charge is 2.52. The van der Waals surface area contributed by atoms with E-state index in [-0.39, 0.29) is 11.0 Å². The summed E-state index contributed by atoms with van der Waals surface area (Å²) < 4.78 is 0. The first-order valence-electron chi connectivity index (χ1n) is 6.98. The molecule has 0 heterocycles. The molecule has 2 aromatic rings. The molecule has 1 aliphatic carbocycles. The van der Waals surface area contributed by atoms with E-state index in [4.69, 9.17) is 5.73 Å². The Hall–Kier alpha value is -1.60. The van der Waals surface area contributed by atoms with Gasteiger partial charge in [0.1, 0.15) is 0 Å². The van der Waals surface area contributed by atoms with Crippen LogP contribution in [0.15, 0.2) is 54.6 Å². The number of hydrogen-bond acceptors (Lipinski definition) is 1. The molecule has 98 valence electrons. The Bertz CT molecular complexity index is 580. The maximum Gasteiger partial charge on any atom is 0.0248 e. The second kappa shape index (κ2) is 4.21. The monoisotopic (exact) mass is 251 g/mol. The molecule has 19 heavy (non-hydrogen) atoms. The number of rotatable bonds is 3. The highest BCUT2D eigenvalue weighted by Crippen LogP contribution is 2.51. The molecule has 0 spiro atoms. The molecular formula is C18H21N. The molecule has 1 fully saturated rings. The van der Waals surface area contributed by atoms with Crippen molar-refractivity contribution in [3.63, 3.8) is 0 Å². The molecule has 2 aromatic carbocycles. The molecule has 0 unspecified atom stereocenters. The zero-order valence-corrected chi connectivity index (χ0v) is 11.7. The van der Waals surface area contributed by atoms with Gasteiger partial charge in [-0.05, 0) is 29.5 Å². The minimum atomic E-state index is -0.0299. The Morgan fingerprint density at radius 3 is 2.11 bits per heavy atom. The van der Waals surface area contributed by atoms with E-state index < -0.39 is 0 Å². The normalized spacial score (nSPS) is 17.2. The topological polar surface area (TPSA) is 26.0 Å². The summed E-state index contributed by atoms with van der Waals surface area (Å²) in [5.74, 6) is 0. The van der Waals surface area contributed by atoms with Crippen molar-refractivity contribution in [3.05, 3.63) is 60.2 Å². The van der Waals surface area contributed by atoms with Crippen LogP contribution in [-0.2, 0) is 5.41 Å². The molecule has 0 radical (unpaired) electrons. The van der Waals surface area contributed by atoms with Crippen molar-refractivity contribution in [1.29, 1.82) is 0 Å². The second-order valence-corrected chi connectivity index (χ2v) is 6.19. The summed E-state index contributed by atoms with van der Waals surface area (Å²) in [6, 6.07) is 19.3. The Morgan fingerprint density at radius 2 is 1.47 bits per heavy atom. The first-order chi connectivity index (χ1) is 9.05. The SMILES string of the molecule is CC(C)(c1ccccc1-c1ccccc1)C1(N)CC1. The van der Waals surface area contributed by atoms with E-state index in [0.717, 1.165) is 12.8 Å². The average Bonchev–Trinajstić information content (AvgIpc) is 3.20. The fourth-order valence-corrected chi connectivity index (χ4v) is 2.93. The molecule has 1 aliphatic rings. The van der Waals surface area contributed by atoms with Gasteiger partial charge in [-0.15, -0.1) is 0 Å². The van der Waals surface area contributed by atoms with Gasteiger partial charge in [-0.25, -0.2) is 0 Å². The fourth-order valence-electron chi connectivity index (χ4n) is 2.93. The Kier molecular flexibility index (Phi) is 2.75. The van der Waals surface area contributed by atoms with Gasteiger partial charge < -0.3 is 5.73 Å². The van der Waals surface area contributed by atoms with Gasteiger partial charge in [0.2, 0.25) is 0 Å². The van der Waals surface area contributed by atoms with E-state index in [0.29, 0.717) is 0 Å². The van der Waals surface area contributed by atoms with Crippen LogP contribution in [0.25, 0.3) is 11.1 Å². The van der Waals surface area contributed by atoms with Crippen molar-refractivity contribution in [2.24, 2.45) is 5.73 Å². The summed E-state index contributed by atoms with van der Waals surface area (Å²) in [5.41, 5.74) is 10.4. The van der Waals surface area contributed by atoms with Gasteiger partial charge in [0.05, 0.1) is 0 Å². The molecule has 2 N–H and O–H groups in total. The summed E-state index contributed by atoms with van der Waals surface area (Å²) in [5, 5.41) is 0. The minimum Gasteiger partial charge on any atom is -0.324 e. The van der Waals surface area contributed by atoms with Crippen LogP contribution in [0.4, 0.5) is 0 Å². The van der Waals surface area contributed by atoms with E-state index in [2.05, 4.69) is 68.4 Å². The third-order valence-electron chi connectivity index (χ3n) is 4.72. The molecule has 0 aromatic heterocycles. The standard InChI is InChI=1S/C18H21N/c1-17(2,18(19)12-13-18)16-11-7-6-10-15(16)14-8-4-3-5-9-14/h3-11H,12-13,19H2,1-2H3. The minimum absolute atomic E-state index is 0.0133. The third kappa shape index (κ3) is 1.98. The van der Waals surface area contributed by atoms with Crippen LogP contribution >= 0.6 is 0 Å². The lowest BCUT2D eigenvalue weighted by atomic mass is 9.73. The molecule has 1 nitrogen and oxygen atoms in total. The van der Waals surface area contributed by atoms with E-state index >= 15 is 0 Å². The van der Waals surface area contributed by atoms with Crippen LogP contribution in [0.2, 0.25) is 0 Å². The van der Waals surface area contributed by atoms with Crippen molar-refractivity contribution in [2.45, 2.75) is 37.6 Å². The first-order valence-corrected chi connectivity index (χ1v) is 6.98. The van der Waals surface area contributed by atoms with Crippen molar-refractivity contribution in [3.8, 4) is 11.1 Å². The lowest BCUT2D eigenvalue weighted by Crippen LogP contribution is -2.43. The lowest BCUT2D eigenvalue weighted by Gasteiger charge is -2.34. The average molecular weight is 251 g/mol. The molecule has 0 atom stereocenters. The summed E-state index contributed by atoms with van der Waals surface area (Å²) in [4.78, 5) is 0. The Balaban J connectivity index is 2.13. The molecule has 3 rings (SSSR count). The maximum absolute atomic E-state index is 6.50. The molecule has 0 bridgehead atoms. The van der Waals surface area contributed by atoms with Crippen LogP contribution in [0.3, 0.4) is 0 Å². The van der Waals surface area contributed by atoms with E-state index in [1.807, 2.05) is 0 Å². The number of nitrogens with two attached hydrogens (primary N) is 1. The third-order valence-corrected chi connectivity index (χ3v) is 4.72. The molecule has 0 aliphatic heterocycles. The van der Waals surface area contributed by atoms with Crippen LogP contribution < -0.4 is 5.73 Å². The largest absolute Gasteiger partial charge is 0.324 e. The molecular weight excluding hydrogens is 230 g/mol. The highest BCUT2D eigenvalue weighted by atomic mass is 14.9. The second-order valence-electron chi connectivity index (χ2n) is 6.19. The predicted molar refractivity (Wildman–Crippen MR) is 81.1 cm³/mol. The zero-order chi connectivity index (χ0) is 13.5. The fraction of sp³-hybridized carbons (Fsp3) is 0.333. The van der Waals surface area contributed by atoms with Gasteiger partial charge >= 0.3 is 0 Å². The van der Waals surface area contributed by atoms with Gasteiger partial charge in [-0.1, -0.05) is 68.4 Å². The number of hydrogen-bond donors (Lipinski definition) is 1. The van der Waals surface area contributed by atoms with Gasteiger partial charge in [0.25, 0.3) is 0 Å². The van der Waals surface area contributed by atoms with Crippen molar-refractivity contribution >= 4 is 0 Å². The Morgan fingerprint density at radius 1 is 0.895 bits per heavy atom. The molecule has 0 amide bonds. The van der Waals surface area contributed by atoms with Crippen molar-refractivity contribution in [1.82, 2.24) is 0 Å². The number of benzene rings is 2. The zero-order valence-electron chi connectivity index (χ0n) is 11.7. The first kappa shape index (κ1) is 12.4. The summed E-state index contributed by atoms with van der Waals surface area (Å²) >= 11 is 0. The van der Waals surface area contributed by atoms with E-state index in [1.54, 1.807) is 0 Å². The van der Waals surface area contributed by atoms with Crippen LogP contribution in [0.1, 0.15) is 32.3 Å². The van der Waals surface area contributed by atoms with Gasteiger partial charge in [0.15, 0.2) is 0 Å². The van der Waals surface area contributed by atoms with E-state index in [1.165, 1.54) is 16.7 Å². The maximum atomic E-state index is 6.50. The Labute approximate surface area is 115 Å². The van der Waals surface area contributed by atoms with Crippen molar-refractivity contribution in [2.75, 3.05) is 0 Å². The smallest absolute Gasteiger partial charge is 0.0248 e. The van der Waals surface area contributed by atoms with Crippen LogP contribution in [0.5, 0.6) is 0 Å². The lowest BCUT2D eigenvalue weighted by molar-refractivity contribution is 0.392. The van der Waals surface area contributed by atoms with Gasteiger partial charge in [0, 0.05) is 11.0 Å². The van der Waals surface area contributed by atoms with E-state index in [9.17, 15) is 0 Å². The van der Waals surface area contributed by atoms with Gasteiger partial charge in [-0.3, -0.25) is 0 Å². The summed E-state index contributed by atoms with van der Waals surface area (Å²) in [7, 11) is 0. The van der Waals surface area contributed by atoms with Crippen LogP contribution in [-0.4, -0.2) is 5.54 Å². The van der Waals surface area contributed by atoms with Gasteiger partial charge in [-0.2, -0.15) is 0 Å². The van der Waals surface area contributed by atoms with Crippen molar-refractivity contribution < 1.29 is 0 Å². The highest BCUT2D eigenvalue weighted by molar-refractivity contribution is 5.69. The van der Waals surface area contributed by atoms with Crippen LogP contribution in [0, 0.1) is 0 Å². The molecule has 1 saturated carbocycles. The molecule has 0 saturated heterocycles. The molecule has 1 heteroatoms. The summed E-state index contributed by atoms with van der Waals surface area (Å²) in [6.07, 6.45) is 2.26. The quantitative estimate of drug-likeness (QED) is 0.872. The summed E-state index contributed by atoms with van der Waals surface area (Å²) in [6.45, 7) is 4.56. The predicted octanol–water partition coefficient (Wildman–Crippen LogP) is 4.12.